The molecule has 7 heteroatoms. The van der Waals surface area contributed by atoms with Gasteiger partial charge in [-0.25, -0.2) is 4.39 Å². The summed E-state index contributed by atoms with van der Waals surface area (Å²) in [5, 5.41) is 3.89. The Morgan fingerprint density at radius 1 is 1.29 bits per heavy atom. The van der Waals surface area contributed by atoms with Crippen molar-refractivity contribution in [2.45, 2.75) is 6.42 Å². The summed E-state index contributed by atoms with van der Waals surface area (Å²) < 4.78 is 19.0. The van der Waals surface area contributed by atoms with E-state index in [1.54, 1.807) is 24.4 Å². The molecule has 3 rings (SSSR count). The number of anilines is 1. The van der Waals surface area contributed by atoms with Crippen molar-refractivity contribution in [3.8, 4) is 11.5 Å². The molecule has 0 radical (unpaired) electrons. The van der Waals surface area contributed by atoms with E-state index >= 15 is 0 Å². The third-order valence-electron chi connectivity index (χ3n) is 2.93. The van der Waals surface area contributed by atoms with Gasteiger partial charge >= 0.3 is 0 Å². The normalized spacial score (nSPS) is 10.8. The number of aromatic nitrogens is 3. The number of nitrogen functional groups attached to an aromatic ring is 1. The highest BCUT2D eigenvalue weighted by atomic mass is 35.5. The van der Waals surface area contributed by atoms with E-state index in [9.17, 15) is 4.39 Å². The topological polar surface area (TPSA) is 77.8 Å². The van der Waals surface area contributed by atoms with Gasteiger partial charge in [0.25, 0.3) is 5.89 Å². The molecule has 0 bridgehead atoms. The van der Waals surface area contributed by atoms with Crippen LogP contribution in [-0.4, -0.2) is 15.1 Å². The van der Waals surface area contributed by atoms with Crippen LogP contribution in [0.2, 0.25) is 5.02 Å². The molecule has 0 fully saturated rings. The zero-order valence-electron chi connectivity index (χ0n) is 10.8. The van der Waals surface area contributed by atoms with Crippen molar-refractivity contribution in [1.82, 2.24) is 15.1 Å². The molecule has 2 aromatic heterocycles. The number of hydrogen-bond donors (Lipinski definition) is 1. The molecule has 2 N–H and O–H groups in total. The van der Waals surface area contributed by atoms with Gasteiger partial charge in [0.15, 0.2) is 5.82 Å². The van der Waals surface area contributed by atoms with Gasteiger partial charge in [0.1, 0.15) is 5.82 Å². The van der Waals surface area contributed by atoms with E-state index in [-0.39, 0.29) is 17.3 Å². The summed E-state index contributed by atoms with van der Waals surface area (Å²) in [4.78, 5) is 8.10. The first-order chi connectivity index (χ1) is 10.1. The van der Waals surface area contributed by atoms with E-state index in [4.69, 9.17) is 21.9 Å². The Morgan fingerprint density at radius 3 is 2.95 bits per heavy atom. The van der Waals surface area contributed by atoms with Gasteiger partial charge < -0.3 is 10.3 Å². The zero-order valence-corrected chi connectivity index (χ0v) is 11.5. The molecule has 106 valence electrons. The van der Waals surface area contributed by atoms with E-state index in [2.05, 4.69) is 15.1 Å². The fourth-order valence-electron chi connectivity index (χ4n) is 1.89. The maximum Gasteiger partial charge on any atom is 0.260 e. The zero-order chi connectivity index (χ0) is 14.8. The van der Waals surface area contributed by atoms with Crippen molar-refractivity contribution in [1.29, 1.82) is 0 Å². The quantitative estimate of drug-likeness (QED) is 0.804. The minimum absolute atomic E-state index is 0.0644. The largest absolute Gasteiger partial charge is 0.397 e. The van der Waals surface area contributed by atoms with E-state index in [1.165, 1.54) is 12.3 Å². The summed E-state index contributed by atoms with van der Waals surface area (Å²) in [5.74, 6) is 0.142. The van der Waals surface area contributed by atoms with Crippen molar-refractivity contribution in [3.05, 3.63) is 58.9 Å². The van der Waals surface area contributed by atoms with Gasteiger partial charge in [-0.15, -0.1) is 0 Å². The third-order valence-corrected chi connectivity index (χ3v) is 3.22. The average molecular weight is 305 g/mol. The van der Waals surface area contributed by atoms with E-state index in [0.717, 1.165) is 0 Å². The maximum atomic E-state index is 13.8. The predicted molar refractivity (Wildman–Crippen MR) is 76.2 cm³/mol. The molecule has 1 aromatic carbocycles. The fourth-order valence-corrected chi connectivity index (χ4v) is 2.09. The molecule has 3 aromatic rings. The van der Waals surface area contributed by atoms with Crippen LogP contribution in [0, 0.1) is 5.82 Å². The van der Waals surface area contributed by atoms with Crippen LogP contribution in [0.3, 0.4) is 0 Å². The Bertz CT molecular complexity index is 790. The maximum absolute atomic E-state index is 13.8. The van der Waals surface area contributed by atoms with Crippen LogP contribution in [0.4, 0.5) is 10.1 Å². The van der Waals surface area contributed by atoms with E-state index in [0.29, 0.717) is 22.6 Å². The van der Waals surface area contributed by atoms with Crippen molar-refractivity contribution in [3.63, 3.8) is 0 Å². The summed E-state index contributed by atoms with van der Waals surface area (Å²) in [7, 11) is 0. The second-order valence-electron chi connectivity index (χ2n) is 4.37. The third kappa shape index (κ3) is 2.71. The van der Waals surface area contributed by atoms with Crippen LogP contribution in [0.15, 0.2) is 41.2 Å². The standard InChI is InChI=1S/C14H10ClFN4O/c15-10-3-1-2-8(13(10)16)6-12-19-14(21-20-12)9-4-5-18-7-11(9)17/h1-5,7H,6,17H2. The molecular formula is C14H10ClFN4O. The second-order valence-corrected chi connectivity index (χ2v) is 4.78. The molecule has 0 aliphatic carbocycles. The lowest BCUT2D eigenvalue weighted by Gasteiger charge is -2.00. The molecule has 0 aliphatic rings. The summed E-state index contributed by atoms with van der Waals surface area (Å²) in [6, 6.07) is 6.45. The number of halogens is 2. The summed E-state index contributed by atoms with van der Waals surface area (Å²) in [6.45, 7) is 0. The number of pyridine rings is 1. The van der Waals surface area contributed by atoms with Crippen LogP contribution >= 0.6 is 11.6 Å². The van der Waals surface area contributed by atoms with E-state index < -0.39 is 5.82 Å². The van der Waals surface area contributed by atoms with Crippen molar-refractivity contribution in [2.24, 2.45) is 0 Å². The molecule has 0 atom stereocenters. The Morgan fingerprint density at radius 2 is 2.14 bits per heavy atom. The van der Waals surface area contributed by atoms with Gasteiger partial charge in [0.05, 0.1) is 22.5 Å². The number of rotatable bonds is 3. The lowest BCUT2D eigenvalue weighted by Crippen LogP contribution is -1.95. The average Bonchev–Trinajstić information content (AvgIpc) is 2.93. The number of nitrogens with zero attached hydrogens (tertiary/aromatic N) is 3. The Kier molecular flexibility index (Phi) is 3.53. The van der Waals surface area contributed by atoms with Crippen LogP contribution < -0.4 is 5.73 Å². The number of nitrogens with two attached hydrogens (primary N) is 1. The molecule has 0 saturated heterocycles. The molecule has 0 saturated carbocycles. The molecule has 0 spiro atoms. The number of hydrogen-bond acceptors (Lipinski definition) is 5. The minimum Gasteiger partial charge on any atom is -0.397 e. The van der Waals surface area contributed by atoms with Crippen LogP contribution in [0.1, 0.15) is 11.4 Å². The lowest BCUT2D eigenvalue weighted by atomic mass is 10.1. The molecule has 2 heterocycles. The van der Waals surface area contributed by atoms with Crippen molar-refractivity contribution in [2.75, 3.05) is 5.73 Å². The highest BCUT2D eigenvalue weighted by Gasteiger charge is 2.14. The summed E-state index contributed by atoms with van der Waals surface area (Å²) >= 11 is 5.74. The Labute approximate surface area is 124 Å². The minimum atomic E-state index is -0.478. The smallest absolute Gasteiger partial charge is 0.260 e. The Balaban J connectivity index is 1.89. The first-order valence-corrected chi connectivity index (χ1v) is 6.48. The lowest BCUT2D eigenvalue weighted by molar-refractivity contribution is 0.423. The molecule has 0 amide bonds. The Hall–Kier alpha value is -2.47. The van der Waals surface area contributed by atoms with Gasteiger partial charge in [0, 0.05) is 12.6 Å². The second kappa shape index (κ2) is 5.49. The number of benzene rings is 1. The highest BCUT2D eigenvalue weighted by molar-refractivity contribution is 6.30. The molecular weight excluding hydrogens is 295 g/mol. The molecule has 0 unspecified atom stereocenters. The van der Waals surface area contributed by atoms with Gasteiger partial charge in [-0.05, 0) is 17.7 Å². The molecule has 21 heavy (non-hydrogen) atoms. The van der Waals surface area contributed by atoms with Gasteiger partial charge in [-0.3, -0.25) is 4.98 Å². The van der Waals surface area contributed by atoms with Crippen LogP contribution in [-0.2, 0) is 6.42 Å². The van der Waals surface area contributed by atoms with E-state index in [1.807, 2.05) is 0 Å². The summed E-state index contributed by atoms with van der Waals surface area (Å²) in [5.41, 5.74) is 7.22. The van der Waals surface area contributed by atoms with Crippen LogP contribution in [0.5, 0.6) is 0 Å². The highest BCUT2D eigenvalue weighted by Crippen LogP contribution is 2.24. The monoisotopic (exact) mass is 304 g/mol. The van der Waals surface area contributed by atoms with Crippen molar-refractivity contribution >= 4 is 17.3 Å². The first-order valence-electron chi connectivity index (χ1n) is 6.10. The van der Waals surface area contributed by atoms with Crippen LogP contribution in [0.25, 0.3) is 11.5 Å². The molecule has 0 aliphatic heterocycles. The first kappa shape index (κ1) is 13.5. The van der Waals surface area contributed by atoms with Gasteiger partial charge in [0.2, 0.25) is 0 Å². The fraction of sp³-hybridized carbons (Fsp3) is 0.0714. The SMILES string of the molecule is Nc1cnccc1-c1nc(Cc2cccc(Cl)c2F)no1. The molecule has 5 nitrogen and oxygen atoms in total. The van der Waals surface area contributed by atoms with Crippen molar-refractivity contribution < 1.29 is 8.91 Å². The van der Waals surface area contributed by atoms with Gasteiger partial charge in [-0.2, -0.15) is 4.98 Å². The summed E-state index contributed by atoms with van der Waals surface area (Å²) in [6.07, 6.45) is 3.25. The predicted octanol–water partition coefficient (Wildman–Crippen LogP) is 3.10. The van der Waals surface area contributed by atoms with Gasteiger partial charge in [-0.1, -0.05) is 28.9 Å².